The van der Waals surface area contributed by atoms with Gasteiger partial charge >= 0.3 is 0 Å². The largest absolute Gasteiger partial charge is 0.496 e. The molecule has 0 bridgehead atoms. The van der Waals surface area contributed by atoms with Crippen molar-refractivity contribution in [3.63, 3.8) is 0 Å². The van der Waals surface area contributed by atoms with Gasteiger partial charge in [-0.1, -0.05) is 18.2 Å². The number of rotatable bonds is 6. The maximum absolute atomic E-state index is 11.8. The lowest BCUT2D eigenvalue weighted by Crippen LogP contribution is -2.23. The molecule has 0 aliphatic carbocycles. The van der Waals surface area contributed by atoms with Crippen LogP contribution in [0.15, 0.2) is 29.6 Å². The quantitative estimate of drug-likeness (QED) is 0.890. The van der Waals surface area contributed by atoms with Gasteiger partial charge in [0, 0.05) is 11.8 Å². The number of nitrogens with one attached hydrogen (secondary N) is 1. The second kappa shape index (κ2) is 7.05. The first kappa shape index (κ1) is 14.5. The van der Waals surface area contributed by atoms with E-state index >= 15 is 0 Å². The number of hydrogen-bond donors (Lipinski definition) is 1. The van der Waals surface area contributed by atoms with Crippen molar-refractivity contribution in [2.45, 2.75) is 26.3 Å². The average molecular weight is 290 g/mol. The number of nitrogens with zero attached hydrogens (tertiary/aromatic N) is 1. The number of carbonyl (C=O) groups is 1. The van der Waals surface area contributed by atoms with Gasteiger partial charge in [0.2, 0.25) is 5.91 Å². The number of thiazole rings is 1. The summed E-state index contributed by atoms with van der Waals surface area (Å²) in [4.78, 5) is 16.1. The summed E-state index contributed by atoms with van der Waals surface area (Å²) in [5.74, 6) is 0.858. The lowest BCUT2D eigenvalue weighted by atomic mass is 10.1. The molecule has 0 aliphatic rings. The van der Waals surface area contributed by atoms with Crippen LogP contribution in [0.25, 0.3) is 0 Å². The molecule has 0 atom stereocenters. The number of para-hydroxylation sites is 1. The number of amides is 1. The average Bonchev–Trinajstić information content (AvgIpc) is 2.89. The summed E-state index contributed by atoms with van der Waals surface area (Å²) in [5, 5.41) is 5.87. The van der Waals surface area contributed by atoms with Crippen LogP contribution >= 0.6 is 11.3 Å². The molecular formula is C15H18N2O2S. The van der Waals surface area contributed by atoms with Crippen LogP contribution < -0.4 is 10.1 Å². The Hall–Kier alpha value is -1.88. The molecule has 0 spiro atoms. The predicted octanol–water partition coefficient (Wildman–Crippen LogP) is 2.71. The minimum absolute atomic E-state index is 0.0292. The number of hydrogen-bond acceptors (Lipinski definition) is 4. The van der Waals surface area contributed by atoms with Gasteiger partial charge in [-0.15, -0.1) is 11.3 Å². The molecule has 1 aromatic heterocycles. The predicted molar refractivity (Wildman–Crippen MR) is 80.0 cm³/mol. The standard InChI is InChI=1S/C15H18N2O2S/c1-11-17-13(10-20-11)9-16-15(18)8-7-12-5-3-4-6-14(12)19-2/h3-6,10H,7-9H2,1-2H3,(H,16,18). The highest BCUT2D eigenvalue weighted by atomic mass is 32.1. The van der Waals surface area contributed by atoms with Gasteiger partial charge in [0.25, 0.3) is 0 Å². The molecule has 0 fully saturated rings. The summed E-state index contributed by atoms with van der Waals surface area (Å²) < 4.78 is 5.27. The zero-order valence-electron chi connectivity index (χ0n) is 11.7. The van der Waals surface area contributed by atoms with E-state index in [0.29, 0.717) is 19.4 Å². The number of aryl methyl sites for hydroxylation is 2. The molecule has 2 aromatic rings. The molecule has 0 saturated carbocycles. The number of methoxy groups -OCH3 is 1. The summed E-state index contributed by atoms with van der Waals surface area (Å²) in [6, 6.07) is 7.77. The summed E-state index contributed by atoms with van der Waals surface area (Å²) in [6.07, 6.45) is 1.12. The topological polar surface area (TPSA) is 51.2 Å². The third kappa shape index (κ3) is 4.06. The van der Waals surface area contributed by atoms with Crippen molar-refractivity contribution >= 4 is 17.2 Å². The maximum Gasteiger partial charge on any atom is 0.220 e. The fourth-order valence-electron chi connectivity index (χ4n) is 1.92. The van der Waals surface area contributed by atoms with E-state index in [4.69, 9.17) is 4.74 Å². The molecule has 20 heavy (non-hydrogen) atoms. The van der Waals surface area contributed by atoms with Crippen LogP contribution in [-0.2, 0) is 17.8 Å². The van der Waals surface area contributed by atoms with Gasteiger partial charge < -0.3 is 10.1 Å². The summed E-state index contributed by atoms with van der Waals surface area (Å²) in [6.45, 7) is 2.45. The third-order valence-electron chi connectivity index (χ3n) is 2.95. The van der Waals surface area contributed by atoms with E-state index in [1.165, 1.54) is 0 Å². The molecule has 1 heterocycles. The molecular weight excluding hydrogens is 272 g/mol. The monoisotopic (exact) mass is 290 g/mol. The fraction of sp³-hybridized carbons (Fsp3) is 0.333. The van der Waals surface area contributed by atoms with E-state index in [-0.39, 0.29) is 5.91 Å². The third-order valence-corrected chi connectivity index (χ3v) is 3.77. The first-order chi connectivity index (χ1) is 9.69. The Morgan fingerprint density at radius 3 is 2.90 bits per heavy atom. The van der Waals surface area contributed by atoms with E-state index in [9.17, 15) is 4.79 Å². The minimum atomic E-state index is 0.0292. The van der Waals surface area contributed by atoms with Gasteiger partial charge in [0.1, 0.15) is 5.75 Å². The Morgan fingerprint density at radius 1 is 1.40 bits per heavy atom. The van der Waals surface area contributed by atoms with Crippen LogP contribution in [0.5, 0.6) is 5.75 Å². The highest BCUT2D eigenvalue weighted by Gasteiger charge is 2.07. The Bertz CT molecular complexity index is 581. The normalized spacial score (nSPS) is 10.3. The number of benzene rings is 1. The van der Waals surface area contributed by atoms with Crippen molar-refractivity contribution in [2.75, 3.05) is 7.11 Å². The lowest BCUT2D eigenvalue weighted by Gasteiger charge is -2.08. The smallest absolute Gasteiger partial charge is 0.220 e. The van der Waals surface area contributed by atoms with Gasteiger partial charge in [-0.3, -0.25) is 4.79 Å². The minimum Gasteiger partial charge on any atom is -0.496 e. The van der Waals surface area contributed by atoms with Gasteiger partial charge in [0.05, 0.1) is 24.4 Å². The molecule has 106 valence electrons. The van der Waals surface area contributed by atoms with Gasteiger partial charge in [-0.2, -0.15) is 0 Å². The second-order valence-electron chi connectivity index (χ2n) is 4.45. The maximum atomic E-state index is 11.8. The van der Waals surface area contributed by atoms with Crippen LogP contribution in [0.3, 0.4) is 0 Å². The molecule has 5 heteroatoms. The van der Waals surface area contributed by atoms with Gasteiger partial charge in [-0.25, -0.2) is 4.98 Å². The van der Waals surface area contributed by atoms with Crippen molar-refractivity contribution < 1.29 is 9.53 Å². The molecule has 0 unspecified atom stereocenters. The SMILES string of the molecule is COc1ccccc1CCC(=O)NCc1csc(C)n1. The van der Waals surface area contributed by atoms with Crippen molar-refractivity contribution in [1.29, 1.82) is 0 Å². The Labute approximate surface area is 122 Å². The van der Waals surface area contributed by atoms with E-state index in [1.807, 2.05) is 36.6 Å². The van der Waals surface area contributed by atoms with Crippen molar-refractivity contribution in [2.24, 2.45) is 0 Å². The summed E-state index contributed by atoms with van der Waals surface area (Å²) in [7, 11) is 1.64. The van der Waals surface area contributed by atoms with Crippen LogP contribution in [0, 0.1) is 6.92 Å². The zero-order chi connectivity index (χ0) is 14.4. The Balaban J connectivity index is 1.80. The van der Waals surface area contributed by atoms with E-state index in [2.05, 4.69) is 10.3 Å². The first-order valence-corrected chi connectivity index (χ1v) is 7.36. The van der Waals surface area contributed by atoms with E-state index in [1.54, 1.807) is 18.4 Å². The summed E-state index contributed by atoms with van der Waals surface area (Å²) in [5.41, 5.74) is 1.97. The second-order valence-corrected chi connectivity index (χ2v) is 5.51. The number of ether oxygens (including phenoxy) is 1. The highest BCUT2D eigenvalue weighted by molar-refractivity contribution is 7.09. The zero-order valence-corrected chi connectivity index (χ0v) is 12.5. The number of aromatic nitrogens is 1. The first-order valence-electron chi connectivity index (χ1n) is 6.48. The van der Waals surface area contributed by atoms with Crippen LogP contribution in [0.2, 0.25) is 0 Å². The molecule has 1 N–H and O–H groups in total. The molecule has 2 rings (SSSR count). The van der Waals surface area contributed by atoms with Gasteiger partial charge in [-0.05, 0) is 25.0 Å². The number of carbonyl (C=O) groups excluding carboxylic acids is 1. The van der Waals surface area contributed by atoms with Crippen molar-refractivity contribution in [3.05, 3.63) is 45.9 Å². The molecule has 0 aliphatic heterocycles. The van der Waals surface area contributed by atoms with E-state index in [0.717, 1.165) is 22.0 Å². The molecule has 1 amide bonds. The molecule has 0 saturated heterocycles. The van der Waals surface area contributed by atoms with Crippen LogP contribution in [0.4, 0.5) is 0 Å². The molecule has 4 nitrogen and oxygen atoms in total. The highest BCUT2D eigenvalue weighted by Crippen LogP contribution is 2.18. The Morgan fingerprint density at radius 2 is 2.20 bits per heavy atom. The summed E-state index contributed by atoms with van der Waals surface area (Å²) >= 11 is 1.59. The van der Waals surface area contributed by atoms with Crippen LogP contribution in [0.1, 0.15) is 22.7 Å². The van der Waals surface area contributed by atoms with Crippen LogP contribution in [-0.4, -0.2) is 18.0 Å². The van der Waals surface area contributed by atoms with Crippen molar-refractivity contribution in [3.8, 4) is 5.75 Å². The van der Waals surface area contributed by atoms with Gasteiger partial charge in [0.15, 0.2) is 0 Å². The molecule has 0 radical (unpaired) electrons. The van der Waals surface area contributed by atoms with Crippen molar-refractivity contribution in [1.82, 2.24) is 10.3 Å². The van der Waals surface area contributed by atoms with E-state index < -0.39 is 0 Å². The Kier molecular flexibility index (Phi) is 5.12. The molecule has 1 aromatic carbocycles. The lowest BCUT2D eigenvalue weighted by molar-refractivity contribution is -0.121. The fourth-order valence-corrected chi connectivity index (χ4v) is 2.54.